The number of benzene rings is 1. The van der Waals surface area contributed by atoms with Crippen LogP contribution in [0, 0.1) is 12.8 Å². The van der Waals surface area contributed by atoms with E-state index in [0.717, 1.165) is 32.4 Å². The van der Waals surface area contributed by atoms with E-state index in [-0.39, 0.29) is 35.3 Å². The van der Waals surface area contributed by atoms with Gasteiger partial charge in [-0.3, -0.25) is 19.8 Å². The number of nitrogens with zero attached hydrogens (tertiary/aromatic N) is 1. The molecule has 0 aromatic heterocycles. The average Bonchev–Trinajstić information content (AvgIpc) is 3.29. The van der Waals surface area contributed by atoms with Crippen molar-refractivity contribution in [1.82, 2.24) is 20.9 Å². The van der Waals surface area contributed by atoms with E-state index in [0.29, 0.717) is 6.54 Å². The molecule has 3 heterocycles. The van der Waals surface area contributed by atoms with E-state index in [1.165, 1.54) is 48.0 Å². The van der Waals surface area contributed by atoms with Crippen LogP contribution in [0.1, 0.15) is 56.1 Å². The van der Waals surface area contributed by atoms with Gasteiger partial charge in [0.05, 0.1) is 12.0 Å². The molecule has 5 rings (SSSR count). The Labute approximate surface area is 207 Å². The largest absolute Gasteiger partial charge is 0.356 e. The Hall–Kier alpha value is -2.09. The van der Waals surface area contributed by atoms with Crippen molar-refractivity contribution in [2.45, 2.75) is 69.5 Å². The molecule has 0 saturated carbocycles. The lowest BCUT2D eigenvalue weighted by atomic mass is 9.92. The number of carbonyl (C=O) groups excluding carboxylic acids is 2. The first-order chi connectivity index (χ1) is 16.6. The molecule has 0 spiro atoms. The standard InChI is InChI=1S/C27H36N4O2S/c1-18-8-5-6-12-21(18)22-17-34-24-23(22)29-27(30-26(24)33)31-15-7-11-20(16-31)25(32)28-14-13-19-9-3-2-4-10-19/h5-6,8-9,12,17,20,23-24,27,29H,2-4,7,10-11,13-16H2,1H3,(H,28,32)(H,30,33). The molecule has 182 valence electrons. The third kappa shape index (κ3) is 5.11. The fourth-order valence-electron chi connectivity index (χ4n) is 5.68. The van der Waals surface area contributed by atoms with Gasteiger partial charge in [-0.25, -0.2) is 0 Å². The van der Waals surface area contributed by atoms with E-state index in [2.05, 4.69) is 57.5 Å². The summed E-state index contributed by atoms with van der Waals surface area (Å²) in [4.78, 5) is 28.1. The summed E-state index contributed by atoms with van der Waals surface area (Å²) in [6.07, 6.45) is 9.87. The van der Waals surface area contributed by atoms with Gasteiger partial charge in [0.2, 0.25) is 11.8 Å². The van der Waals surface area contributed by atoms with E-state index in [9.17, 15) is 9.59 Å². The van der Waals surface area contributed by atoms with Crippen molar-refractivity contribution < 1.29 is 9.59 Å². The van der Waals surface area contributed by atoms with Crippen molar-refractivity contribution in [2.75, 3.05) is 19.6 Å². The molecule has 3 N–H and O–H groups in total. The smallest absolute Gasteiger partial charge is 0.237 e. The molecule has 4 aliphatic rings. The molecule has 1 aromatic rings. The Balaban J connectivity index is 1.19. The lowest BCUT2D eigenvalue weighted by Crippen LogP contribution is -2.69. The first-order valence-corrected chi connectivity index (χ1v) is 13.7. The number of rotatable bonds is 6. The summed E-state index contributed by atoms with van der Waals surface area (Å²) in [7, 11) is 0. The zero-order chi connectivity index (χ0) is 23.5. The van der Waals surface area contributed by atoms with Crippen molar-refractivity contribution in [1.29, 1.82) is 0 Å². The molecule has 0 bridgehead atoms. The minimum atomic E-state index is -0.247. The predicted octanol–water partition coefficient (Wildman–Crippen LogP) is 3.54. The number of thioether (sulfide) groups is 1. The van der Waals surface area contributed by atoms with Crippen LogP contribution >= 0.6 is 11.8 Å². The molecule has 4 unspecified atom stereocenters. The summed E-state index contributed by atoms with van der Waals surface area (Å²) >= 11 is 1.60. The van der Waals surface area contributed by atoms with E-state index in [1.54, 1.807) is 11.8 Å². The molecule has 2 amide bonds. The van der Waals surface area contributed by atoms with E-state index < -0.39 is 0 Å². The maximum atomic E-state index is 13.0. The number of nitrogens with one attached hydrogen (secondary N) is 3. The van der Waals surface area contributed by atoms with Crippen molar-refractivity contribution in [3.63, 3.8) is 0 Å². The fourth-order valence-corrected chi connectivity index (χ4v) is 6.82. The number of amides is 2. The van der Waals surface area contributed by atoms with Crippen LogP contribution in [0.25, 0.3) is 5.57 Å². The maximum absolute atomic E-state index is 13.0. The van der Waals surface area contributed by atoms with Gasteiger partial charge in [0, 0.05) is 19.6 Å². The van der Waals surface area contributed by atoms with Crippen LogP contribution < -0.4 is 16.0 Å². The maximum Gasteiger partial charge on any atom is 0.237 e. The van der Waals surface area contributed by atoms with E-state index in [1.807, 2.05) is 6.07 Å². The highest BCUT2D eigenvalue weighted by molar-refractivity contribution is 8.04. The average molecular weight is 481 g/mol. The molecular formula is C27H36N4O2S. The highest BCUT2D eigenvalue weighted by Gasteiger charge is 2.44. The quantitative estimate of drug-likeness (QED) is 0.543. The lowest BCUT2D eigenvalue weighted by Gasteiger charge is -2.43. The summed E-state index contributed by atoms with van der Waals surface area (Å²) < 4.78 is 0. The molecular weight excluding hydrogens is 444 g/mol. The van der Waals surface area contributed by atoms with E-state index >= 15 is 0 Å². The number of hydrogen-bond donors (Lipinski definition) is 3. The Morgan fingerprint density at radius 3 is 2.94 bits per heavy atom. The Bertz CT molecular complexity index is 991. The van der Waals surface area contributed by atoms with Crippen molar-refractivity contribution in [2.24, 2.45) is 5.92 Å². The van der Waals surface area contributed by atoms with Crippen LogP contribution in [0.15, 0.2) is 41.3 Å². The summed E-state index contributed by atoms with van der Waals surface area (Å²) in [5.41, 5.74) is 5.11. The number of fused-ring (bicyclic) bond motifs is 1. The number of allylic oxidation sites excluding steroid dienone is 1. The zero-order valence-corrected chi connectivity index (χ0v) is 20.8. The van der Waals surface area contributed by atoms with Gasteiger partial charge in [-0.1, -0.05) is 35.9 Å². The Morgan fingerprint density at radius 1 is 1.24 bits per heavy atom. The zero-order valence-electron chi connectivity index (χ0n) is 20.0. The predicted molar refractivity (Wildman–Crippen MR) is 138 cm³/mol. The van der Waals surface area contributed by atoms with Crippen LogP contribution in [-0.2, 0) is 9.59 Å². The molecule has 2 fully saturated rings. The number of likely N-dealkylation sites (tertiary alicyclic amines) is 1. The molecule has 1 aliphatic carbocycles. The molecule has 4 atom stereocenters. The molecule has 2 saturated heterocycles. The molecule has 7 heteroatoms. The van der Waals surface area contributed by atoms with Gasteiger partial charge in [-0.05, 0) is 74.0 Å². The molecule has 6 nitrogen and oxygen atoms in total. The number of hydrogen-bond acceptors (Lipinski definition) is 5. The van der Waals surface area contributed by atoms with Gasteiger partial charge in [0.25, 0.3) is 0 Å². The van der Waals surface area contributed by atoms with Crippen LogP contribution in [0.2, 0.25) is 0 Å². The number of piperidine rings is 1. The van der Waals surface area contributed by atoms with Gasteiger partial charge in [-0.2, -0.15) is 0 Å². The summed E-state index contributed by atoms with van der Waals surface area (Å²) in [6.45, 7) is 4.39. The lowest BCUT2D eigenvalue weighted by molar-refractivity contribution is -0.129. The van der Waals surface area contributed by atoms with Crippen LogP contribution in [0.5, 0.6) is 0 Å². The normalized spacial score (nSPS) is 29.6. The van der Waals surface area contributed by atoms with Gasteiger partial charge in [-0.15, -0.1) is 11.8 Å². The minimum Gasteiger partial charge on any atom is -0.356 e. The second kappa shape index (κ2) is 10.7. The minimum absolute atomic E-state index is 0.0252. The second-order valence-electron chi connectivity index (χ2n) is 9.98. The summed E-state index contributed by atoms with van der Waals surface area (Å²) in [5, 5.41) is 12.0. The van der Waals surface area contributed by atoms with Gasteiger partial charge in [0.15, 0.2) is 0 Å². The van der Waals surface area contributed by atoms with Crippen LogP contribution in [0.3, 0.4) is 0 Å². The highest BCUT2D eigenvalue weighted by atomic mass is 32.2. The first-order valence-electron chi connectivity index (χ1n) is 12.8. The van der Waals surface area contributed by atoms with Gasteiger partial charge >= 0.3 is 0 Å². The van der Waals surface area contributed by atoms with Crippen LogP contribution in [-0.4, -0.2) is 53.9 Å². The van der Waals surface area contributed by atoms with Crippen molar-refractivity contribution in [3.8, 4) is 0 Å². The van der Waals surface area contributed by atoms with Crippen molar-refractivity contribution >= 4 is 29.1 Å². The highest BCUT2D eigenvalue weighted by Crippen LogP contribution is 2.39. The number of aryl methyl sites for hydroxylation is 1. The third-order valence-corrected chi connectivity index (χ3v) is 8.80. The summed E-state index contributed by atoms with van der Waals surface area (Å²) in [5.74, 6) is 0.193. The monoisotopic (exact) mass is 480 g/mol. The SMILES string of the molecule is Cc1ccccc1C1=CSC2C(=O)NC(N3CCCC(C(=O)NCCC4=CCCCC4)C3)NC12. The molecule has 1 aromatic carbocycles. The van der Waals surface area contributed by atoms with Gasteiger partial charge < -0.3 is 10.6 Å². The Morgan fingerprint density at radius 2 is 2.12 bits per heavy atom. The Kier molecular flexibility index (Phi) is 7.42. The molecule has 3 aliphatic heterocycles. The van der Waals surface area contributed by atoms with Crippen molar-refractivity contribution in [3.05, 3.63) is 52.4 Å². The first kappa shape index (κ1) is 23.6. The third-order valence-electron chi connectivity index (χ3n) is 7.63. The topological polar surface area (TPSA) is 73.5 Å². The fraction of sp³-hybridized carbons (Fsp3) is 0.556. The summed E-state index contributed by atoms with van der Waals surface area (Å²) in [6, 6.07) is 8.34. The second-order valence-corrected chi connectivity index (χ2v) is 11.0. The molecule has 0 radical (unpaired) electrons. The molecule has 34 heavy (non-hydrogen) atoms. The van der Waals surface area contributed by atoms with Gasteiger partial charge in [0.1, 0.15) is 11.5 Å². The van der Waals surface area contributed by atoms with Crippen LogP contribution in [0.4, 0.5) is 0 Å². The van der Waals surface area contributed by atoms with E-state index in [4.69, 9.17) is 0 Å². The number of carbonyl (C=O) groups is 2.